The van der Waals surface area contributed by atoms with Gasteiger partial charge in [0, 0.05) is 29.9 Å². The maximum atomic E-state index is 12.4. The minimum absolute atomic E-state index is 0. The molecule has 7 heteroatoms. The predicted octanol–water partition coefficient (Wildman–Crippen LogP) is 3.12. The van der Waals surface area contributed by atoms with Crippen LogP contribution in [0.2, 0.25) is 0 Å². The molecular formula is C15H24BrClN2O2S. The van der Waals surface area contributed by atoms with Crippen LogP contribution >= 0.6 is 39.7 Å². The van der Waals surface area contributed by atoms with Crippen molar-refractivity contribution >= 4 is 45.6 Å². The first-order chi connectivity index (χ1) is 9.81. The summed E-state index contributed by atoms with van der Waals surface area (Å²) in [4.78, 5) is 13.7. The molecule has 1 aromatic heterocycles. The highest BCUT2D eigenvalue weighted by Gasteiger charge is 2.62. The molecule has 2 unspecified atom stereocenters. The van der Waals surface area contributed by atoms with E-state index in [2.05, 4.69) is 27.3 Å². The molecule has 0 saturated heterocycles. The Hall–Kier alpha value is -0.140. The van der Waals surface area contributed by atoms with Gasteiger partial charge in [-0.25, -0.2) is 0 Å². The van der Waals surface area contributed by atoms with Crippen LogP contribution in [0.4, 0.5) is 0 Å². The number of carbonyl (C=O) groups is 1. The third kappa shape index (κ3) is 3.67. The molecule has 0 radical (unpaired) electrons. The summed E-state index contributed by atoms with van der Waals surface area (Å²) >= 11 is 5.13. The average molecular weight is 412 g/mol. The van der Waals surface area contributed by atoms with Crippen LogP contribution in [0.5, 0.6) is 0 Å². The van der Waals surface area contributed by atoms with Crippen molar-refractivity contribution in [1.29, 1.82) is 0 Å². The first kappa shape index (κ1) is 19.9. The Balaban J connectivity index is 0.00000242. The Morgan fingerprint density at radius 1 is 1.55 bits per heavy atom. The van der Waals surface area contributed by atoms with E-state index in [1.165, 1.54) is 4.88 Å². The summed E-state index contributed by atoms with van der Waals surface area (Å²) in [6.45, 7) is 7.24. The zero-order valence-corrected chi connectivity index (χ0v) is 16.4. The zero-order valence-electron chi connectivity index (χ0n) is 13.1. The number of carbonyl (C=O) groups excluding carboxylic acids is 1. The van der Waals surface area contributed by atoms with Crippen LogP contribution in [0, 0.1) is 5.41 Å². The molecular weight excluding hydrogens is 388 g/mol. The molecule has 1 aliphatic carbocycles. The van der Waals surface area contributed by atoms with E-state index in [4.69, 9.17) is 10.5 Å². The van der Waals surface area contributed by atoms with Crippen LogP contribution in [0.25, 0.3) is 0 Å². The average Bonchev–Trinajstić information content (AvgIpc) is 2.83. The Morgan fingerprint density at radius 3 is 2.73 bits per heavy atom. The van der Waals surface area contributed by atoms with Crippen molar-refractivity contribution in [1.82, 2.24) is 5.32 Å². The van der Waals surface area contributed by atoms with Crippen LogP contribution < -0.4 is 11.1 Å². The predicted molar refractivity (Wildman–Crippen MR) is 96.7 cm³/mol. The van der Waals surface area contributed by atoms with Gasteiger partial charge >= 0.3 is 0 Å². The molecule has 0 bridgehead atoms. The van der Waals surface area contributed by atoms with Gasteiger partial charge in [-0.15, -0.1) is 23.7 Å². The number of nitrogens with one attached hydrogen (secondary N) is 1. The Bertz CT molecular complexity index is 523. The van der Waals surface area contributed by atoms with Crippen LogP contribution in [-0.2, 0) is 16.0 Å². The third-order valence-corrected chi connectivity index (χ3v) is 6.20. The number of hydrogen-bond acceptors (Lipinski definition) is 4. The van der Waals surface area contributed by atoms with Gasteiger partial charge in [0.1, 0.15) is 5.54 Å². The number of halogens is 2. The highest BCUT2D eigenvalue weighted by molar-refractivity contribution is 9.11. The third-order valence-electron chi connectivity index (χ3n) is 4.52. The van der Waals surface area contributed by atoms with Crippen LogP contribution in [0.15, 0.2) is 15.9 Å². The first-order valence-electron chi connectivity index (χ1n) is 7.24. The molecule has 4 nitrogen and oxygen atoms in total. The van der Waals surface area contributed by atoms with Crippen molar-refractivity contribution in [2.45, 2.75) is 45.3 Å². The van der Waals surface area contributed by atoms with E-state index in [-0.39, 0.29) is 29.8 Å². The topological polar surface area (TPSA) is 64.3 Å². The fraction of sp³-hybridized carbons (Fsp3) is 0.667. The quantitative estimate of drug-likeness (QED) is 0.756. The molecule has 1 fully saturated rings. The summed E-state index contributed by atoms with van der Waals surface area (Å²) in [5.74, 6) is -0.0703. The van der Waals surface area contributed by atoms with Crippen molar-refractivity contribution in [3.8, 4) is 0 Å². The summed E-state index contributed by atoms with van der Waals surface area (Å²) in [5.41, 5.74) is 5.17. The molecule has 1 aromatic rings. The highest BCUT2D eigenvalue weighted by Crippen LogP contribution is 2.49. The number of nitrogens with two attached hydrogens (primary N) is 1. The van der Waals surface area contributed by atoms with Gasteiger partial charge in [-0.05, 0) is 41.4 Å². The molecule has 1 heterocycles. The molecule has 126 valence electrons. The SMILES string of the molecule is CCOC1CC(N)(C(=O)NCCc2ccc(Br)s2)C1(C)C.Cl. The van der Waals surface area contributed by atoms with Crippen LogP contribution in [0.3, 0.4) is 0 Å². The van der Waals surface area contributed by atoms with Gasteiger partial charge in [0.2, 0.25) is 5.91 Å². The lowest BCUT2D eigenvalue weighted by atomic mass is 9.54. The van der Waals surface area contributed by atoms with Crippen LogP contribution in [0.1, 0.15) is 32.1 Å². The number of hydrogen-bond donors (Lipinski definition) is 2. The lowest BCUT2D eigenvalue weighted by Crippen LogP contribution is -2.75. The van der Waals surface area contributed by atoms with E-state index < -0.39 is 5.54 Å². The van der Waals surface area contributed by atoms with E-state index in [9.17, 15) is 4.79 Å². The van der Waals surface area contributed by atoms with Gasteiger partial charge in [0.25, 0.3) is 0 Å². The van der Waals surface area contributed by atoms with Crippen molar-refractivity contribution in [3.63, 3.8) is 0 Å². The Labute approximate surface area is 150 Å². The normalized spacial score (nSPS) is 26.0. The van der Waals surface area contributed by atoms with E-state index in [1.807, 2.05) is 26.8 Å². The Kier molecular flexibility index (Phi) is 6.89. The summed E-state index contributed by atoms with van der Waals surface area (Å²) in [6.07, 6.45) is 1.48. The maximum absolute atomic E-state index is 12.4. The van der Waals surface area contributed by atoms with E-state index >= 15 is 0 Å². The molecule has 3 N–H and O–H groups in total. The summed E-state index contributed by atoms with van der Waals surface area (Å²) in [5, 5.41) is 2.97. The lowest BCUT2D eigenvalue weighted by molar-refractivity contribution is -0.170. The number of rotatable bonds is 6. The van der Waals surface area contributed by atoms with Gasteiger partial charge in [0.05, 0.1) is 9.89 Å². The van der Waals surface area contributed by atoms with Crippen molar-refractivity contribution in [2.75, 3.05) is 13.2 Å². The second-order valence-electron chi connectivity index (χ2n) is 6.05. The van der Waals surface area contributed by atoms with Crippen molar-refractivity contribution in [2.24, 2.45) is 11.1 Å². The van der Waals surface area contributed by atoms with Gasteiger partial charge in [-0.3, -0.25) is 4.79 Å². The second-order valence-corrected chi connectivity index (χ2v) is 8.60. The fourth-order valence-electron chi connectivity index (χ4n) is 2.76. The summed E-state index contributed by atoms with van der Waals surface area (Å²) in [6, 6.07) is 4.09. The Morgan fingerprint density at radius 2 is 2.23 bits per heavy atom. The molecule has 2 atom stereocenters. The van der Waals surface area contributed by atoms with Gasteiger partial charge < -0.3 is 15.8 Å². The van der Waals surface area contributed by atoms with Crippen LogP contribution in [-0.4, -0.2) is 30.7 Å². The molecule has 1 aliphatic rings. The number of amides is 1. The zero-order chi connectivity index (χ0) is 15.7. The minimum atomic E-state index is -0.830. The van der Waals surface area contributed by atoms with Crippen molar-refractivity contribution in [3.05, 3.63) is 20.8 Å². The smallest absolute Gasteiger partial charge is 0.240 e. The van der Waals surface area contributed by atoms with E-state index in [0.717, 1.165) is 10.2 Å². The first-order valence-corrected chi connectivity index (χ1v) is 8.85. The largest absolute Gasteiger partial charge is 0.378 e. The fourth-order valence-corrected chi connectivity index (χ4v) is 4.25. The lowest BCUT2D eigenvalue weighted by Gasteiger charge is -2.57. The number of ether oxygens (including phenoxy) is 1. The van der Waals surface area contributed by atoms with Gasteiger partial charge in [-0.2, -0.15) is 0 Å². The van der Waals surface area contributed by atoms with Gasteiger partial charge in [0.15, 0.2) is 0 Å². The summed E-state index contributed by atoms with van der Waals surface area (Å²) < 4.78 is 6.76. The molecule has 0 aromatic carbocycles. The molecule has 1 saturated carbocycles. The molecule has 0 aliphatic heterocycles. The van der Waals surface area contributed by atoms with E-state index in [0.29, 0.717) is 19.6 Å². The second kappa shape index (κ2) is 7.62. The van der Waals surface area contributed by atoms with Gasteiger partial charge in [-0.1, -0.05) is 13.8 Å². The summed E-state index contributed by atoms with van der Waals surface area (Å²) in [7, 11) is 0. The monoisotopic (exact) mass is 410 g/mol. The minimum Gasteiger partial charge on any atom is -0.378 e. The van der Waals surface area contributed by atoms with Crippen molar-refractivity contribution < 1.29 is 9.53 Å². The number of thiophene rings is 1. The molecule has 0 spiro atoms. The molecule has 22 heavy (non-hydrogen) atoms. The molecule has 1 amide bonds. The molecule has 2 rings (SSSR count). The standard InChI is InChI=1S/C15H23BrN2O2S.ClH/c1-4-20-11-9-15(17,14(11,2)3)13(19)18-8-7-10-5-6-12(16)21-10;/h5-6,11H,4,7-9,17H2,1-3H3,(H,18,19);1H. The highest BCUT2D eigenvalue weighted by atomic mass is 79.9. The van der Waals surface area contributed by atoms with E-state index in [1.54, 1.807) is 11.3 Å². The maximum Gasteiger partial charge on any atom is 0.240 e.